The lowest BCUT2D eigenvalue weighted by molar-refractivity contribution is -0.172. The summed E-state index contributed by atoms with van der Waals surface area (Å²) in [7, 11) is 1.64. The molecule has 1 aliphatic carbocycles. The van der Waals surface area contributed by atoms with Gasteiger partial charge in [0, 0.05) is 20.0 Å². The van der Waals surface area contributed by atoms with Crippen molar-refractivity contribution in [3.05, 3.63) is 11.6 Å². The molecule has 0 amide bonds. The van der Waals surface area contributed by atoms with Crippen molar-refractivity contribution in [1.29, 1.82) is 0 Å². The van der Waals surface area contributed by atoms with Crippen LogP contribution in [-0.4, -0.2) is 60.3 Å². The molecule has 6 unspecified atom stereocenters. The number of carboxylic acids is 1. The largest absolute Gasteiger partial charge is 0.481 e. The van der Waals surface area contributed by atoms with Crippen LogP contribution >= 0.6 is 0 Å². The van der Waals surface area contributed by atoms with Crippen molar-refractivity contribution in [2.75, 3.05) is 13.7 Å². The Morgan fingerprint density at radius 1 is 1.29 bits per heavy atom. The van der Waals surface area contributed by atoms with Gasteiger partial charge in [-0.25, -0.2) is 0 Å². The van der Waals surface area contributed by atoms with Crippen molar-refractivity contribution in [3.63, 3.8) is 0 Å². The average molecular weight is 396 g/mol. The number of carboxylic acid groups (broad SMARTS) is 1. The molecule has 3 rings (SSSR count). The maximum absolute atomic E-state index is 12.2. The lowest BCUT2D eigenvalue weighted by Gasteiger charge is -2.42. The number of epoxide rings is 2. The van der Waals surface area contributed by atoms with Crippen LogP contribution in [0.15, 0.2) is 11.6 Å². The number of hydrogen-bond donors (Lipinski definition) is 1. The fourth-order valence-electron chi connectivity index (χ4n) is 4.68. The molecule has 0 aromatic rings. The summed E-state index contributed by atoms with van der Waals surface area (Å²) in [5.41, 5.74) is 0.647. The highest BCUT2D eigenvalue weighted by Crippen LogP contribution is 2.59. The molecule has 1 spiro atoms. The summed E-state index contributed by atoms with van der Waals surface area (Å²) in [5.74, 6) is -1.29. The highest BCUT2D eigenvalue weighted by Gasteiger charge is 2.72. The molecule has 1 N–H and O–H groups in total. The summed E-state index contributed by atoms with van der Waals surface area (Å²) >= 11 is 0. The van der Waals surface area contributed by atoms with Crippen molar-refractivity contribution in [1.82, 2.24) is 0 Å². The first-order valence-corrected chi connectivity index (χ1v) is 10.1. The summed E-state index contributed by atoms with van der Waals surface area (Å²) in [6.45, 7) is 6.94. The molecule has 0 radical (unpaired) electrons. The molecule has 6 atom stereocenters. The van der Waals surface area contributed by atoms with E-state index in [1.165, 1.54) is 5.57 Å². The number of hydrogen-bond acceptors (Lipinski definition) is 6. The summed E-state index contributed by atoms with van der Waals surface area (Å²) in [6, 6.07) is 0. The predicted octanol–water partition coefficient (Wildman–Crippen LogP) is 2.86. The Morgan fingerprint density at radius 2 is 2.00 bits per heavy atom. The maximum atomic E-state index is 12.2. The van der Waals surface area contributed by atoms with Crippen molar-refractivity contribution in [2.24, 2.45) is 5.92 Å². The SMILES string of the molecule is COC1C(OC(=O)CCCC(=O)O)CCC2(CO2)C1C1(C)OC1CC=C(C)C. The normalized spacial score (nSPS) is 38.7. The number of aliphatic carboxylic acids is 1. The second-order valence-corrected chi connectivity index (χ2v) is 8.65. The molecule has 3 fully saturated rings. The van der Waals surface area contributed by atoms with Crippen LogP contribution in [0.5, 0.6) is 0 Å². The van der Waals surface area contributed by atoms with E-state index in [1.54, 1.807) is 7.11 Å². The summed E-state index contributed by atoms with van der Waals surface area (Å²) in [6.07, 6.45) is 4.29. The first-order valence-electron chi connectivity index (χ1n) is 10.1. The topological polar surface area (TPSA) is 97.9 Å². The lowest BCUT2D eigenvalue weighted by Crippen LogP contribution is -2.55. The second-order valence-electron chi connectivity index (χ2n) is 8.65. The number of carbonyl (C=O) groups excluding carboxylic acids is 1. The summed E-state index contributed by atoms with van der Waals surface area (Å²) in [5, 5.41) is 8.72. The van der Waals surface area contributed by atoms with Crippen molar-refractivity contribution >= 4 is 11.9 Å². The molecule has 7 nitrogen and oxygen atoms in total. The molecule has 7 heteroatoms. The zero-order valence-corrected chi connectivity index (χ0v) is 17.2. The number of methoxy groups -OCH3 is 1. The Kier molecular flexibility index (Phi) is 6.17. The molecule has 2 heterocycles. The highest BCUT2D eigenvalue weighted by atomic mass is 16.6. The monoisotopic (exact) mass is 396 g/mol. The Morgan fingerprint density at radius 3 is 2.57 bits per heavy atom. The molecule has 2 aliphatic heterocycles. The van der Waals surface area contributed by atoms with Crippen molar-refractivity contribution in [2.45, 2.75) is 88.8 Å². The van der Waals surface area contributed by atoms with E-state index >= 15 is 0 Å². The summed E-state index contributed by atoms with van der Waals surface area (Å²) in [4.78, 5) is 22.8. The van der Waals surface area contributed by atoms with Crippen LogP contribution in [0.2, 0.25) is 0 Å². The van der Waals surface area contributed by atoms with Gasteiger partial charge in [-0.2, -0.15) is 0 Å². The Labute approximate surface area is 166 Å². The van der Waals surface area contributed by atoms with Crippen LogP contribution in [-0.2, 0) is 28.5 Å². The summed E-state index contributed by atoms with van der Waals surface area (Å²) < 4.78 is 23.6. The minimum Gasteiger partial charge on any atom is -0.481 e. The molecule has 0 bridgehead atoms. The van der Waals surface area contributed by atoms with Gasteiger partial charge in [-0.1, -0.05) is 11.6 Å². The smallest absolute Gasteiger partial charge is 0.306 e. The van der Waals surface area contributed by atoms with Gasteiger partial charge in [0.25, 0.3) is 0 Å². The molecule has 0 aromatic heterocycles. The van der Waals surface area contributed by atoms with E-state index in [2.05, 4.69) is 26.8 Å². The fourth-order valence-corrected chi connectivity index (χ4v) is 4.68. The Balaban J connectivity index is 1.66. The number of rotatable bonds is 9. The van der Waals surface area contributed by atoms with Crippen LogP contribution in [0.25, 0.3) is 0 Å². The van der Waals surface area contributed by atoms with Gasteiger partial charge >= 0.3 is 11.9 Å². The third-order valence-corrected chi connectivity index (χ3v) is 6.29. The van der Waals surface area contributed by atoms with Crippen LogP contribution in [0.1, 0.15) is 59.3 Å². The molecule has 3 aliphatic rings. The lowest BCUT2D eigenvalue weighted by atomic mass is 9.68. The fraction of sp³-hybridized carbons (Fsp3) is 0.810. The van der Waals surface area contributed by atoms with Gasteiger partial charge in [0.15, 0.2) is 0 Å². The Bertz CT molecular complexity index is 635. The maximum Gasteiger partial charge on any atom is 0.306 e. The van der Waals surface area contributed by atoms with E-state index in [1.807, 2.05) is 0 Å². The van der Waals surface area contributed by atoms with Gasteiger partial charge in [-0.05, 0) is 46.5 Å². The van der Waals surface area contributed by atoms with E-state index < -0.39 is 5.97 Å². The van der Waals surface area contributed by atoms with Gasteiger partial charge < -0.3 is 24.1 Å². The van der Waals surface area contributed by atoms with Crippen molar-refractivity contribution < 1.29 is 33.6 Å². The van der Waals surface area contributed by atoms with Gasteiger partial charge in [0.1, 0.15) is 23.4 Å². The van der Waals surface area contributed by atoms with Gasteiger partial charge in [-0.3, -0.25) is 9.59 Å². The number of esters is 1. The van der Waals surface area contributed by atoms with E-state index in [4.69, 9.17) is 24.1 Å². The Hall–Kier alpha value is -1.44. The first kappa shape index (κ1) is 21.3. The quantitative estimate of drug-likeness (QED) is 0.363. The second kappa shape index (κ2) is 8.13. The average Bonchev–Trinajstić information content (AvgIpc) is 3.52. The zero-order chi connectivity index (χ0) is 20.5. The standard InChI is InChI=1S/C21H32O7/c1-13(2)8-9-15-20(3,28-15)19-18(25-4)14(10-11-21(19)12-26-21)27-17(24)7-5-6-16(22)23/h8,14-15,18-19H,5-7,9-12H2,1-4H3,(H,22,23). The highest BCUT2D eigenvalue weighted by molar-refractivity contribution is 5.71. The number of allylic oxidation sites excluding steroid dienone is 1. The molecule has 28 heavy (non-hydrogen) atoms. The van der Waals surface area contributed by atoms with Gasteiger partial charge in [-0.15, -0.1) is 0 Å². The van der Waals surface area contributed by atoms with Crippen LogP contribution in [0.4, 0.5) is 0 Å². The molecule has 2 saturated heterocycles. The van der Waals surface area contributed by atoms with Crippen LogP contribution in [0.3, 0.4) is 0 Å². The number of carbonyl (C=O) groups is 2. The third-order valence-electron chi connectivity index (χ3n) is 6.29. The first-order chi connectivity index (χ1) is 13.2. The van der Waals surface area contributed by atoms with Crippen LogP contribution < -0.4 is 0 Å². The van der Waals surface area contributed by atoms with E-state index in [0.717, 1.165) is 12.8 Å². The van der Waals surface area contributed by atoms with E-state index in [9.17, 15) is 9.59 Å². The van der Waals surface area contributed by atoms with Crippen LogP contribution in [0, 0.1) is 5.92 Å². The molecule has 158 valence electrons. The molecule has 1 saturated carbocycles. The minimum absolute atomic E-state index is 0.00821. The predicted molar refractivity (Wildman–Crippen MR) is 101 cm³/mol. The van der Waals surface area contributed by atoms with Gasteiger partial charge in [0.05, 0.1) is 18.6 Å². The zero-order valence-electron chi connectivity index (χ0n) is 17.2. The van der Waals surface area contributed by atoms with E-state index in [-0.39, 0.29) is 60.7 Å². The molecular formula is C21H32O7. The minimum atomic E-state index is -0.908. The molecule has 0 aromatic carbocycles. The number of ether oxygens (including phenoxy) is 4. The molecular weight excluding hydrogens is 364 g/mol. The van der Waals surface area contributed by atoms with Gasteiger partial charge in [0.2, 0.25) is 0 Å². The van der Waals surface area contributed by atoms with Crippen molar-refractivity contribution in [3.8, 4) is 0 Å². The van der Waals surface area contributed by atoms with E-state index in [0.29, 0.717) is 13.0 Å². The third kappa shape index (κ3) is 4.42.